The van der Waals surface area contributed by atoms with Crippen LogP contribution < -0.4 is 9.80 Å². The lowest BCUT2D eigenvalue weighted by Crippen LogP contribution is -2.11. The van der Waals surface area contributed by atoms with Gasteiger partial charge in [0.05, 0.1) is 6.57 Å². The highest BCUT2D eigenvalue weighted by Crippen LogP contribution is 2.56. The molecule has 1 aliphatic carbocycles. The molecule has 1 aliphatic rings. The van der Waals surface area contributed by atoms with E-state index in [-0.39, 0.29) is 0 Å². The minimum atomic E-state index is 0.631. The van der Waals surface area contributed by atoms with Crippen molar-refractivity contribution in [1.82, 2.24) is 0 Å². The average molecular weight is 756 g/mol. The number of para-hydroxylation sites is 4. The number of thiophene rings is 1. The summed E-state index contributed by atoms with van der Waals surface area (Å²) in [6.45, 7) is 13.1. The maximum absolute atomic E-state index is 8.86. The Hall–Kier alpha value is -7.00. The van der Waals surface area contributed by atoms with Crippen LogP contribution in [0.3, 0.4) is 0 Å². The monoisotopic (exact) mass is 755 g/mol. The van der Waals surface area contributed by atoms with Gasteiger partial charge in [-0.3, -0.25) is 0 Å². The van der Waals surface area contributed by atoms with E-state index in [0.717, 1.165) is 83.0 Å². The number of hydrogen-bond acceptors (Lipinski definition) is 3. The summed E-state index contributed by atoms with van der Waals surface area (Å²) >= 11 is 1.69. The van der Waals surface area contributed by atoms with E-state index in [4.69, 9.17) is 6.57 Å². The number of rotatable bonds is 9. The normalized spacial score (nSPS) is 12.0. The molecule has 57 heavy (non-hydrogen) atoms. The molecule has 4 nitrogen and oxygen atoms in total. The first-order chi connectivity index (χ1) is 27.9. The lowest BCUT2D eigenvalue weighted by molar-refractivity contribution is -0.403. The van der Waals surface area contributed by atoms with Gasteiger partial charge in [0, 0.05) is 70.1 Å². The van der Waals surface area contributed by atoms with Gasteiger partial charge in [0.2, 0.25) is 17.1 Å². The predicted molar refractivity (Wildman–Crippen MR) is 243 cm³/mol. The van der Waals surface area contributed by atoms with Crippen LogP contribution in [0.1, 0.15) is 21.6 Å². The molecule has 0 fully saturated rings. The molecule has 0 radical (unpaired) electrons. The van der Waals surface area contributed by atoms with E-state index >= 15 is 0 Å². The minimum absolute atomic E-state index is 0.631. The summed E-state index contributed by atoms with van der Waals surface area (Å²) in [7, 11) is 4.20. The molecule has 0 bridgehead atoms. The van der Waals surface area contributed by atoms with Crippen molar-refractivity contribution in [3.8, 4) is 11.1 Å². The fourth-order valence-electron chi connectivity index (χ4n) is 7.43. The van der Waals surface area contributed by atoms with Crippen LogP contribution in [0.2, 0.25) is 0 Å². The zero-order chi connectivity index (χ0) is 39.3. The lowest BCUT2D eigenvalue weighted by Gasteiger charge is -2.27. The van der Waals surface area contributed by atoms with Gasteiger partial charge < -0.3 is 9.80 Å². The Bertz CT molecular complexity index is 2650. The van der Waals surface area contributed by atoms with E-state index in [2.05, 4.69) is 217 Å². The summed E-state index contributed by atoms with van der Waals surface area (Å²) in [6, 6.07) is 57.0. The fourth-order valence-corrected chi connectivity index (χ4v) is 8.81. The molecule has 0 saturated carbocycles. The third kappa shape index (κ3) is 7.39. The van der Waals surface area contributed by atoms with Gasteiger partial charge in [-0.25, -0.2) is 4.85 Å². The van der Waals surface area contributed by atoms with Crippen LogP contribution in [0.15, 0.2) is 194 Å². The third-order valence-electron chi connectivity index (χ3n) is 10.6. The van der Waals surface area contributed by atoms with Gasteiger partial charge in [-0.15, -0.1) is 11.3 Å². The summed E-state index contributed by atoms with van der Waals surface area (Å²) in [6.07, 6.45) is 8.83. The average Bonchev–Trinajstić information content (AvgIpc) is 3.64. The van der Waals surface area contributed by atoms with Gasteiger partial charge in [-0.1, -0.05) is 115 Å². The van der Waals surface area contributed by atoms with Crippen molar-refractivity contribution in [2.45, 2.75) is 13.8 Å². The van der Waals surface area contributed by atoms with Gasteiger partial charge in [0.1, 0.15) is 12.0 Å². The highest BCUT2D eigenvalue weighted by atomic mass is 32.1. The van der Waals surface area contributed by atoms with Crippen molar-refractivity contribution in [2.24, 2.45) is 0 Å². The number of anilines is 5. The van der Waals surface area contributed by atoms with E-state index in [1.54, 1.807) is 11.3 Å². The number of allylic oxidation sites excluding steroid dienone is 5. The summed E-state index contributed by atoms with van der Waals surface area (Å²) in [4.78, 5) is 9.95. The molecular weight excluding hydrogens is 713 g/mol. The molecule has 0 spiro atoms. The van der Waals surface area contributed by atoms with Gasteiger partial charge >= 0.3 is 0 Å². The molecule has 0 unspecified atom stereocenters. The van der Waals surface area contributed by atoms with Crippen LogP contribution in [-0.2, 0) is 0 Å². The Morgan fingerprint density at radius 1 is 0.596 bits per heavy atom. The second kappa shape index (κ2) is 16.4. The number of nitrogens with zero attached hydrogens (tertiary/aromatic N) is 4. The molecule has 5 heteroatoms. The van der Waals surface area contributed by atoms with Gasteiger partial charge in [0.25, 0.3) is 0 Å². The van der Waals surface area contributed by atoms with Crippen molar-refractivity contribution in [3.05, 3.63) is 227 Å². The Kier molecular flexibility index (Phi) is 10.6. The van der Waals surface area contributed by atoms with E-state index in [1.807, 2.05) is 18.2 Å². The number of aryl methyl sites for hydroxylation is 2. The number of hydrogen-bond donors (Lipinski definition) is 0. The SMILES string of the molecule is [C-]#[N+]c1c(N(c2ccccc2C)c2ccccc2C)sc(C(=C2C=CC(=[N+](C)c3ccccc3)C=C2)c2ccc(N(C)c3ccccc3)cc2)c1-c1ccccc1. The van der Waals surface area contributed by atoms with Crippen LogP contribution in [0.5, 0.6) is 0 Å². The van der Waals surface area contributed by atoms with E-state index in [9.17, 15) is 0 Å². The van der Waals surface area contributed by atoms with Crippen LogP contribution in [0.25, 0.3) is 21.5 Å². The zero-order valence-corrected chi connectivity index (χ0v) is 33.4. The summed E-state index contributed by atoms with van der Waals surface area (Å²) < 4.78 is 2.20. The molecule has 0 atom stereocenters. The van der Waals surface area contributed by atoms with E-state index < -0.39 is 0 Å². The molecule has 1 aromatic heterocycles. The summed E-state index contributed by atoms with van der Waals surface area (Å²) in [5.41, 5.74) is 14.6. The molecule has 0 saturated heterocycles. The summed E-state index contributed by atoms with van der Waals surface area (Å²) in [5.74, 6) is 0. The molecule has 6 aromatic carbocycles. The Labute approximate surface area is 340 Å². The molecule has 1 heterocycles. The molecule has 8 rings (SSSR count). The molecule has 276 valence electrons. The maximum atomic E-state index is 8.86. The minimum Gasteiger partial charge on any atom is -0.345 e. The van der Waals surface area contributed by atoms with Gasteiger partial charge in [-0.2, -0.15) is 4.58 Å². The number of benzene rings is 6. The molecule has 7 aromatic rings. The Morgan fingerprint density at radius 2 is 1.11 bits per heavy atom. The first-order valence-electron chi connectivity index (χ1n) is 19.1. The highest BCUT2D eigenvalue weighted by Gasteiger charge is 2.30. The maximum Gasteiger partial charge on any atom is 0.229 e. The Morgan fingerprint density at radius 3 is 1.67 bits per heavy atom. The first kappa shape index (κ1) is 36.9. The highest BCUT2D eigenvalue weighted by molar-refractivity contribution is 7.18. The van der Waals surface area contributed by atoms with Crippen molar-refractivity contribution in [2.75, 3.05) is 23.9 Å². The predicted octanol–water partition coefficient (Wildman–Crippen LogP) is 14.2. The van der Waals surface area contributed by atoms with Crippen molar-refractivity contribution >= 4 is 61.7 Å². The van der Waals surface area contributed by atoms with Crippen molar-refractivity contribution < 1.29 is 4.58 Å². The van der Waals surface area contributed by atoms with E-state index in [1.165, 1.54) is 0 Å². The summed E-state index contributed by atoms with van der Waals surface area (Å²) in [5, 5.41) is 0.890. The molecule has 0 amide bonds. The van der Waals surface area contributed by atoms with E-state index in [0.29, 0.717) is 5.69 Å². The van der Waals surface area contributed by atoms with Gasteiger partial charge in [-0.05, 0) is 90.2 Å². The molecule has 0 N–H and O–H groups in total. The smallest absolute Gasteiger partial charge is 0.229 e. The second-order valence-electron chi connectivity index (χ2n) is 14.1. The quantitative estimate of drug-likeness (QED) is 0.108. The van der Waals surface area contributed by atoms with Crippen molar-refractivity contribution in [1.29, 1.82) is 0 Å². The lowest BCUT2D eigenvalue weighted by atomic mass is 9.91. The van der Waals surface area contributed by atoms with Crippen LogP contribution in [-0.4, -0.2) is 24.4 Å². The molecule has 0 aliphatic heterocycles. The van der Waals surface area contributed by atoms with Crippen LogP contribution in [0, 0.1) is 20.4 Å². The van der Waals surface area contributed by atoms with Crippen LogP contribution in [0.4, 0.5) is 39.1 Å². The Balaban J connectivity index is 1.39. The van der Waals surface area contributed by atoms with Crippen LogP contribution >= 0.6 is 11.3 Å². The standard InChI is InChI=1S/C52H43N4S/c1-37-19-15-17-27-46(37)56(47-28-18-16-20-38(47)2)52-50(53-3)49(39-21-9-6-10-22-39)51(57-52)48(40-29-33-44(34-30-40)54(4)42-23-11-7-12-24-42)41-31-35-45(36-32-41)55(5)43-25-13-8-14-26-43/h6-36H,1-2,4-5H3/q+1. The fraction of sp³-hybridized carbons (Fsp3) is 0.0769. The third-order valence-corrected chi connectivity index (χ3v) is 11.7. The van der Waals surface area contributed by atoms with Gasteiger partial charge in [0.15, 0.2) is 0 Å². The van der Waals surface area contributed by atoms with Crippen molar-refractivity contribution in [3.63, 3.8) is 0 Å². The second-order valence-corrected chi connectivity index (χ2v) is 15.1. The topological polar surface area (TPSA) is 13.8 Å². The first-order valence-corrected chi connectivity index (χ1v) is 19.9. The zero-order valence-electron chi connectivity index (χ0n) is 32.6. The molecular formula is C52H43N4S+. The largest absolute Gasteiger partial charge is 0.345 e.